The van der Waals surface area contributed by atoms with Gasteiger partial charge in [-0.25, -0.2) is 8.42 Å². The summed E-state index contributed by atoms with van der Waals surface area (Å²) in [7, 11) is -3.72. The molecule has 2 fully saturated rings. The maximum Gasteiger partial charge on any atom is 0.243 e. The van der Waals surface area contributed by atoms with Gasteiger partial charge in [0.05, 0.1) is 4.90 Å². The third-order valence-corrected chi connectivity index (χ3v) is 8.90. The molecule has 1 saturated heterocycles. The molecule has 0 unspecified atom stereocenters. The standard InChI is InChI=1S/C26H30N4O4S/c1-3-18-5-4-6-22(15-18)27-25(31)19-11-13-30(14-12-19)35(32,33)23-16-21(8-7-17(23)2)24-28-26(34-29-24)20-9-10-20/h4-8,15-16,19-20H,3,9-14H2,1-2H3,(H,27,31). The Bertz CT molecular complexity index is 1340. The maximum atomic E-state index is 13.5. The number of piperidine rings is 1. The minimum atomic E-state index is -3.72. The molecule has 1 aliphatic heterocycles. The number of aromatic nitrogens is 2. The molecular weight excluding hydrogens is 464 g/mol. The van der Waals surface area contributed by atoms with E-state index in [0.29, 0.717) is 54.7 Å². The predicted molar refractivity (Wildman–Crippen MR) is 132 cm³/mol. The van der Waals surface area contributed by atoms with Gasteiger partial charge in [0.15, 0.2) is 0 Å². The number of amides is 1. The van der Waals surface area contributed by atoms with Gasteiger partial charge in [0, 0.05) is 36.2 Å². The lowest BCUT2D eigenvalue weighted by molar-refractivity contribution is -0.120. The molecule has 0 bridgehead atoms. The first-order valence-corrected chi connectivity index (χ1v) is 13.6. The maximum absolute atomic E-state index is 13.5. The van der Waals surface area contributed by atoms with Crippen LogP contribution in [0.25, 0.3) is 11.4 Å². The number of hydrogen-bond donors (Lipinski definition) is 1. The summed E-state index contributed by atoms with van der Waals surface area (Å²) in [6.45, 7) is 4.45. The number of rotatable bonds is 7. The van der Waals surface area contributed by atoms with Crippen molar-refractivity contribution in [1.82, 2.24) is 14.4 Å². The summed E-state index contributed by atoms with van der Waals surface area (Å²) < 4.78 is 33.9. The summed E-state index contributed by atoms with van der Waals surface area (Å²) in [5.41, 5.74) is 3.22. The van der Waals surface area contributed by atoms with Gasteiger partial charge in [-0.15, -0.1) is 0 Å². The Kier molecular flexibility index (Phi) is 6.46. The second-order valence-corrected chi connectivity index (χ2v) is 11.3. The third kappa shape index (κ3) is 5.01. The fourth-order valence-corrected chi connectivity index (χ4v) is 6.20. The molecule has 0 radical (unpaired) electrons. The van der Waals surface area contributed by atoms with Crippen molar-refractivity contribution >= 4 is 21.6 Å². The van der Waals surface area contributed by atoms with Gasteiger partial charge in [-0.3, -0.25) is 4.79 Å². The number of hydrogen-bond acceptors (Lipinski definition) is 6. The van der Waals surface area contributed by atoms with Gasteiger partial charge >= 0.3 is 0 Å². The molecule has 1 N–H and O–H groups in total. The van der Waals surface area contributed by atoms with Crippen molar-refractivity contribution in [2.75, 3.05) is 18.4 Å². The van der Waals surface area contributed by atoms with Gasteiger partial charge < -0.3 is 9.84 Å². The van der Waals surface area contributed by atoms with Crippen LogP contribution in [0.1, 0.15) is 55.5 Å². The number of aryl methyl sites for hydroxylation is 2. The van der Waals surface area contributed by atoms with Crippen molar-refractivity contribution in [3.8, 4) is 11.4 Å². The molecule has 8 nitrogen and oxygen atoms in total. The zero-order chi connectivity index (χ0) is 24.6. The average Bonchev–Trinajstić information content (AvgIpc) is 3.61. The summed E-state index contributed by atoms with van der Waals surface area (Å²) in [5.74, 6) is 1.08. The summed E-state index contributed by atoms with van der Waals surface area (Å²) in [5, 5.41) is 7.04. The molecule has 0 spiro atoms. The van der Waals surface area contributed by atoms with Crippen LogP contribution in [0.5, 0.6) is 0 Å². The monoisotopic (exact) mass is 494 g/mol. The number of carbonyl (C=O) groups is 1. The Morgan fingerprint density at radius 3 is 2.60 bits per heavy atom. The average molecular weight is 495 g/mol. The van der Waals surface area contributed by atoms with Crippen LogP contribution in [0.15, 0.2) is 51.9 Å². The number of benzene rings is 2. The van der Waals surface area contributed by atoms with Gasteiger partial charge in [-0.1, -0.05) is 36.3 Å². The molecule has 0 atom stereocenters. The van der Waals surface area contributed by atoms with Crippen LogP contribution < -0.4 is 5.32 Å². The quantitative estimate of drug-likeness (QED) is 0.518. The highest BCUT2D eigenvalue weighted by Gasteiger charge is 2.34. The zero-order valence-corrected chi connectivity index (χ0v) is 20.8. The number of carbonyl (C=O) groups excluding carboxylic acids is 1. The van der Waals surface area contributed by atoms with E-state index in [2.05, 4.69) is 22.4 Å². The van der Waals surface area contributed by atoms with Crippen LogP contribution in [-0.4, -0.2) is 41.9 Å². The van der Waals surface area contributed by atoms with Crippen LogP contribution >= 0.6 is 0 Å². The van der Waals surface area contributed by atoms with E-state index in [9.17, 15) is 13.2 Å². The number of anilines is 1. The van der Waals surface area contributed by atoms with E-state index < -0.39 is 10.0 Å². The summed E-state index contributed by atoms with van der Waals surface area (Å²) in [6.07, 6.45) is 3.96. The van der Waals surface area contributed by atoms with Crippen molar-refractivity contribution in [1.29, 1.82) is 0 Å². The third-order valence-electron chi connectivity index (χ3n) is 6.86. The van der Waals surface area contributed by atoms with Gasteiger partial charge in [-0.2, -0.15) is 9.29 Å². The van der Waals surface area contributed by atoms with Crippen LogP contribution in [-0.2, 0) is 21.2 Å². The second-order valence-electron chi connectivity index (χ2n) is 9.43. The van der Waals surface area contributed by atoms with E-state index in [1.54, 1.807) is 19.1 Å². The molecule has 1 aliphatic carbocycles. The predicted octanol–water partition coefficient (Wildman–Crippen LogP) is 4.52. The molecule has 3 aromatic rings. The molecule has 1 saturated carbocycles. The highest BCUT2D eigenvalue weighted by Crippen LogP contribution is 2.39. The minimum absolute atomic E-state index is 0.0583. The molecule has 184 valence electrons. The topological polar surface area (TPSA) is 105 Å². The highest BCUT2D eigenvalue weighted by atomic mass is 32.2. The van der Waals surface area contributed by atoms with E-state index in [0.717, 1.165) is 30.5 Å². The number of sulfonamides is 1. The van der Waals surface area contributed by atoms with E-state index in [4.69, 9.17) is 4.52 Å². The molecule has 1 aromatic heterocycles. The van der Waals surface area contributed by atoms with Crippen molar-refractivity contribution < 1.29 is 17.7 Å². The first kappa shape index (κ1) is 23.7. The fourth-order valence-electron chi connectivity index (χ4n) is 4.48. The van der Waals surface area contributed by atoms with Gasteiger partial charge in [-0.05, 0) is 68.4 Å². The van der Waals surface area contributed by atoms with E-state index >= 15 is 0 Å². The lowest BCUT2D eigenvalue weighted by Crippen LogP contribution is -2.41. The molecule has 2 aliphatic rings. The molecule has 2 aromatic carbocycles. The molecule has 2 heterocycles. The first-order valence-electron chi connectivity index (χ1n) is 12.2. The smallest absolute Gasteiger partial charge is 0.243 e. The molecule has 35 heavy (non-hydrogen) atoms. The summed E-state index contributed by atoms with van der Waals surface area (Å²) in [6, 6.07) is 13.0. The van der Waals surface area contributed by atoms with Crippen LogP contribution in [0.3, 0.4) is 0 Å². The van der Waals surface area contributed by atoms with E-state index in [-0.39, 0.29) is 16.7 Å². The van der Waals surface area contributed by atoms with Crippen LogP contribution in [0, 0.1) is 12.8 Å². The Balaban J connectivity index is 1.27. The SMILES string of the molecule is CCc1cccc(NC(=O)C2CCN(S(=O)(=O)c3cc(-c4noc(C5CC5)n4)ccc3C)CC2)c1. The largest absolute Gasteiger partial charge is 0.339 e. The van der Waals surface area contributed by atoms with Gasteiger partial charge in [0.1, 0.15) is 0 Å². The Hall–Kier alpha value is -3.04. The van der Waals surface area contributed by atoms with Crippen LogP contribution in [0.2, 0.25) is 0 Å². The van der Waals surface area contributed by atoms with Crippen molar-refractivity contribution in [2.45, 2.75) is 56.8 Å². The van der Waals surface area contributed by atoms with Gasteiger partial charge in [0.2, 0.25) is 27.6 Å². The molecular formula is C26H30N4O4S. The van der Waals surface area contributed by atoms with E-state index in [1.807, 2.05) is 30.3 Å². The van der Waals surface area contributed by atoms with E-state index in [1.165, 1.54) is 4.31 Å². The highest BCUT2D eigenvalue weighted by molar-refractivity contribution is 7.89. The Labute approximate surface area is 205 Å². The lowest BCUT2D eigenvalue weighted by Gasteiger charge is -2.31. The van der Waals surface area contributed by atoms with Crippen LogP contribution in [0.4, 0.5) is 5.69 Å². The zero-order valence-electron chi connectivity index (χ0n) is 20.0. The summed E-state index contributed by atoms with van der Waals surface area (Å²) >= 11 is 0. The normalized spacial score (nSPS) is 17.4. The lowest BCUT2D eigenvalue weighted by atomic mass is 9.97. The summed E-state index contributed by atoms with van der Waals surface area (Å²) in [4.78, 5) is 17.5. The Morgan fingerprint density at radius 2 is 1.89 bits per heavy atom. The van der Waals surface area contributed by atoms with Crippen molar-refractivity contribution in [2.24, 2.45) is 5.92 Å². The first-order chi connectivity index (χ1) is 16.8. The number of nitrogens with one attached hydrogen (secondary N) is 1. The minimum Gasteiger partial charge on any atom is -0.339 e. The second kappa shape index (κ2) is 9.54. The Morgan fingerprint density at radius 1 is 1.11 bits per heavy atom. The van der Waals surface area contributed by atoms with Crippen molar-refractivity contribution in [3.63, 3.8) is 0 Å². The molecule has 5 rings (SSSR count). The van der Waals surface area contributed by atoms with Gasteiger partial charge in [0.25, 0.3) is 0 Å². The molecule has 1 amide bonds. The number of nitrogens with zero attached hydrogens (tertiary/aromatic N) is 3. The van der Waals surface area contributed by atoms with Crippen molar-refractivity contribution in [3.05, 3.63) is 59.5 Å². The molecule has 9 heteroatoms. The fraction of sp³-hybridized carbons (Fsp3) is 0.423.